The van der Waals surface area contributed by atoms with Crippen molar-refractivity contribution in [3.63, 3.8) is 0 Å². The minimum Gasteiger partial charge on any atom is -0.378 e. The molecule has 0 spiro atoms. The van der Waals surface area contributed by atoms with Crippen LogP contribution in [0, 0.1) is 6.92 Å². The van der Waals surface area contributed by atoms with Crippen molar-refractivity contribution in [3.05, 3.63) is 17.6 Å². The standard InChI is InChI=1S/C19H29N5O2/c1-14-20-17(11-18(21-14)24-7-9-26-10-8-24)15-3-2-6-23(12-15)13-19(25)22-16-4-5-16/h11,15-16H,2-10,12-13H2,1H3,(H,22,25)/t15-/m0/s1. The fraction of sp³-hybridized carbons (Fsp3) is 0.737. The van der Waals surface area contributed by atoms with Crippen molar-refractivity contribution in [1.29, 1.82) is 0 Å². The van der Waals surface area contributed by atoms with Crippen molar-refractivity contribution >= 4 is 11.7 Å². The van der Waals surface area contributed by atoms with Crippen LogP contribution in [-0.4, -0.2) is 72.8 Å². The van der Waals surface area contributed by atoms with Gasteiger partial charge in [0.05, 0.1) is 25.5 Å². The Kier molecular flexibility index (Phi) is 5.36. The number of anilines is 1. The fourth-order valence-corrected chi connectivity index (χ4v) is 3.88. The molecule has 1 saturated carbocycles. The molecule has 1 aliphatic carbocycles. The van der Waals surface area contributed by atoms with Crippen LogP contribution < -0.4 is 10.2 Å². The highest BCUT2D eigenvalue weighted by molar-refractivity contribution is 5.78. The van der Waals surface area contributed by atoms with E-state index >= 15 is 0 Å². The molecule has 1 aromatic heterocycles. The van der Waals surface area contributed by atoms with Crippen molar-refractivity contribution in [2.75, 3.05) is 50.8 Å². The lowest BCUT2D eigenvalue weighted by Crippen LogP contribution is -2.42. The largest absolute Gasteiger partial charge is 0.378 e. The maximum atomic E-state index is 12.1. The summed E-state index contributed by atoms with van der Waals surface area (Å²) in [6.07, 6.45) is 4.51. The predicted molar refractivity (Wildman–Crippen MR) is 99.4 cm³/mol. The first-order chi connectivity index (χ1) is 12.7. The molecule has 2 aliphatic heterocycles. The summed E-state index contributed by atoms with van der Waals surface area (Å²) in [5, 5.41) is 3.09. The summed E-state index contributed by atoms with van der Waals surface area (Å²) >= 11 is 0. The molecule has 0 bridgehead atoms. The first-order valence-electron chi connectivity index (χ1n) is 9.87. The molecule has 2 saturated heterocycles. The van der Waals surface area contributed by atoms with Crippen molar-refractivity contribution < 1.29 is 9.53 Å². The Labute approximate surface area is 155 Å². The first-order valence-corrected chi connectivity index (χ1v) is 9.87. The van der Waals surface area contributed by atoms with Gasteiger partial charge in [-0.3, -0.25) is 9.69 Å². The van der Waals surface area contributed by atoms with Crippen LogP contribution in [0.25, 0.3) is 0 Å². The van der Waals surface area contributed by atoms with Crippen LogP contribution in [0.15, 0.2) is 6.07 Å². The SMILES string of the molecule is Cc1nc([C@H]2CCCN(CC(=O)NC3CC3)C2)cc(N2CCOCC2)n1. The summed E-state index contributed by atoms with van der Waals surface area (Å²) in [4.78, 5) is 26.1. The number of aromatic nitrogens is 2. The van der Waals surface area contributed by atoms with Crippen molar-refractivity contribution in [3.8, 4) is 0 Å². The predicted octanol–water partition coefficient (Wildman–Crippen LogP) is 1.08. The summed E-state index contributed by atoms with van der Waals surface area (Å²) in [5.74, 6) is 2.38. The molecular weight excluding hydrogens is 330 g/mol. The Bertz CT molecular complexity index is 643. The smallest absolute Gasteiger partial charge is 0.234 e. The molecule has 26 heavy (non-hydrogen) atoms. The van der Waals surface area contributed by atoms with Crippen molar-refractivity contribution in [2.45, 2.75) is 44.6 Å². The molecule has 1 aromatic rings. The van der Waals surface area contributed by atoms with Gasteiger partial charge in [-0.05, 0) is 39.2 Å². The van der Waals surface area contributed by atoms with Gasteiger partial charge in [-0.25, -0.2) is 9.97 Å². The van der Waals surface area contributed by atoms with Gasteiger partial charge in [-0.2, -0.15) is 0 Å². The average molecular weight is 359 g/mol. The van der Waals surface area contributed by atoms with E-state index in [-0.39, 0.29) is 5.91 Å². The molecule has 3 heterocycles. The zero-order valence-electron chi connectivity index (χ0n) is 15.6. The van der Waals surface area contributed by atoms with Crippen molar-refractivity contribution in [2.24, 2.45) is 0 Å². The van der Waals surface area contributed by atoms with Gasteiger partial charge >= 0.3 is 0 Å². The normalized spacial score (nSPS) is 24.5. The Balaban J connectivity index is 1.42. The quantitative estimate of drug-likeness (QED) is 0.848. The number of piperidine rings is 1. The van der Waals surface area contributed by atoms with E-state index in [0.29, 0.717) is 18.5 Å². The average Bonchev–Trinajstić information content (AvgIpc) is 3.46. The Hall–Kier alpha value is -1.73. The Morgan fingerprint density at radius 2 is 2.04 bits per heavy atom. The molecule has 0 aromatic carbocycles. The third kappa shape index (κ3) is 4.51. The molecule has 0 radical (unpaired) electrons. The monoisotopic (exact) mass is 359 g/mol. The van der Waals surface area contributed by atoms with E-state index in [0.717, 1.165) is 82.4 Å². The number of amides is 1. The second-order valence-electron chi connectivity index (χ2n) is 7.71. The lowest BCUT2D eigenvalue weighted by atomic mass is 9.94. The van der Waals surface area contributed by atoms with Gasteiger partial charge in [0.2, 0.25) is 5.91 Å². The summed E-state index contributed by atoms with van der Waals surface area (Å²) in [6.45, 7) is 7.65. The highest BCUT2D eigenvalue weighted by atomic mass is 16.5. The van der Waals surface area contributed by atoms with Crippen LogP contribution in [0.4, 0.5) is 5.82 Å². The van der Waals surface area contributed by atoms with E-state index in [4.69, 9.17) is 9.72 Å². The molecule has 1 N–H and O–H groups in total. The van der Waals surface area contributed by atoms with E-state index in [2.05, 4.69) is 26.2 Å². The molecule has 1 amide bonds. The molecular formula is C19H29N5O2. The Morgan fingerprint density at radius 1 is 1.23 bits per heavy atom. The molecule has 3 fully saturated rings. The molecule has 7 heteroatoms. The van der Waals surface area contributed by atoms with Gasteiger partial charge in [0.25, 0.3) is 0 Å². The van der Waals surface area contributed by atoms with Gasteiger partial charge < -0.3 is 15.0 Å². The summed E-state index contributed by atoms with van der Waals surface area (Å²) in [5.41, 5.74) is 1.12. The van der Waals surface area contributed by atoms with E-state index in [9.17, 15) is 4.79 Å². The van der Waals surface area contributed by atoms with Gasteiger partial charge in [0, 0.05) is 37.7 Å². The van der Waals surface area contributed by atoms with Gasteiger partial charge in [0.15, 0.2) is 0 Å². The maximum Gasteiger partial charge on any atom is 0.234 e. The molecule has 0 unspecified atom stereocenters. The Morgan fingerprint density at radius 3 is 2.81 bits per heavy atom. The molecule has 4 rings (SSSR count). The van der Waals surface area contributed by atoms with Crippen LogP contribution in [0.3, 0.4) is 0 Å². The minimum atomic E-state index is 0.168. The molecule has 3 aliphatic rings. The number of aryl methyl sites for hydroxylation is 1. The van der Waals surface area contributed by atoms with Crippen LogP contribution >= 0.6 is 0 Å². The fourth-order valence-electron chi connectivity index (χ4n) is 3.88. The second kappa shape index (κ2) is 7.88. The third-order valence-electron chi connectivity index (χ3n) is 5.41. The van der Waals surface area contributed by atoms with E-state index in [1.165, 1.54) is 0 Å². The summed E-state index contributed by atoms with van der Waals surface area (Å²) < 4.78 is 5.45. The zero-order chi connectivity index (χ0) is 17.9. The van der Waals surface area contributed by atoms with Crippen LogP contribution in [0.2, 0.25) is 0 Å². The summed E-state index contributed by atoms with van der Waals surface area (Å²) in [7, 11) is 0. The summed E-state index contributed by atoms with van der Waals surface area (Å²) in [6, 6.07) is 2.58. The highest BCUT2D eigenvalue weighted by Gasteiger charge is 2.27. The number of likely N-dealkylation sites (tertiary alicyclic amines) is 1. The van der Waals surface area contributed by atoms with Crippen molar-refractivity contribution in [1.82, 2.24) is 20.2 Å². The number of ether oxygens (including phenoxy) is 1. The second-order valence-corrected chi connectivity index (χ2v) is 7.71. The number of nitrogens with one attached hydrogen (secondary N) is 1. The van der Waals surface area contributed by atoms with Crippen LogP contribution in [-0.2, 0) is 9.53 Å². The van der Waals surface area contributed by atoms with Crippen LogP contribution in [0.5, 0.6) is 0 Å². The number of hydrogen-bond donors (Lipinski definition) is 1. The van der Waals surface area contributed by atoms with Gasteiger partial charge in [0.1, 0.15) is 11.6 Å². The maximum absolute atomic E-state index is 12.1. The topological polar surface area (TPSA) is 70.6 Å². The molecule has 142 valence electrons. The highest BCUT2D eigenvalue weighted by Crippen LogP contribution is 2.28. The number of rotatable bonds is 5. The zero-order valence-corrected chi connectivity index (χ0v) is 15.6. The van der Waals surface area contributed by atoms with E-state index in [1.54, 1.807) is 0 Å². The lowest BCUT2D eigenvalue weighted by Gasteiger charge is -2.33. The van der Waals surface area contributed by atoms with Crippen LogP contribution in [0.1, 0.15) is 43.1 Å². The number of hydrogen-bond acceptors (Lipinski definition) is 6. The van der Waals surface area contributed by atoms with Gasteiger partial charge in [-0.1, -0.05) is 0 Å². The third-order valence-corrected chi connectivity index (χ3v) is 5.41. The number of carbonyl (C=O) groups is 1. The number of nitrogens with zero attached hydrogens (tertiary/aromatic N) is 4. The molecule has 1 atom stereocenters. The number of carbonyl (C=O) groups excluding carboxylic acids is 1. The molecule has 7 nitrogen and oxygen atoms in total. The lowest BCUT2D eigenvalue weighted by molar-refractivity contribution is -0.122. The van der Waals surface area contributed by atoms with Gasteiger partial charge in [-0.15, -0.1) is 0 Å². The minimum absolute atomic E-state index is 0.168. The van der Waals surface area contributed by atoms with E-state index in [1.807, 2.05) is 6.92 Å². The first kappa shape index (κ1) is 17.7. The number of morpholine rings is 1. The van der Waals surface area contributed by atoms with E-state index < -0.39 is 0 Å².